The van der Waals surface area contributed by atoms with Crippen molar-refractivity contribution in [2.75, 3.05) is 6.54 Å². The summed E-state index contributed by atoms with van der Waals surface area (Å²) < 4.78 is 7.16. The topological polar surface area (TPSA) is 21.3 Å². The van der Waals surface area contributed by atoms with Crippen molar-refractivity contribution in [2.24, 2.45) is 5.41 Å². The van der Waals surface area contributed by atoms with E-state index in [2.05, 4.69) is 60.2 Å². The zero-order chi connectivity index (χ0) is 13.2. The van der Waals surface area contributed by atoms with Gasteiger partial charge in [0.2, 0.25) is 0 Å². The average molecular weight is 312 g/mol. The maximum atomic E-state index is 6.05. The summed E-state index contributed by atoms with van der Waals surface area (Å²) in [4.78, 5) is 0. The molecule has 1 fully saturated rings. The molecule has 3 heteroatoms. The van der Waals surface area contributed by atoms with Gasteiger partial charge in [-0.3, -0.25) is 0 Å². The van der Waals surface area contributed by atoms with E-state index in [1.807, 2.05) is 6.07 Å². The zero-order valence-corrected chi connectivity index (χ0v) is 13.0. The van der Waals surface area contributed by atoms with Crippen LogP contribution in [-0.4, -0.2) is 18.7 Å². The van der Waals surface area contributed by atoms with Gasteiger partial charge in [0.25, 0.3) is 0 Å². The summed E-state index contributed by atoms with van der Waals surface area (Å²) in [6.45, 7) is 8.47. The van der Waals surface area contributed by atoms with Crippen LogP contribution in [0, 0.1) is 5.41 Å². The summed E-state index contributed by atoms with van der Waals surface area (Å²) in [5.41, 5.74) is 1.47. The molecule has 0 aromatic heterocycles. The fourth-order valence-electron chi connectivity index (χ4n) is 2.58. The molecule has 2 atom stereocenters. The summed E-state index contributed by atoms with van der Waals surface area (Å²) in [7, 11) is 0. The molecule has 18 heavy (non-hydrogen) atoms. The molecule has 1 saturated carbocycles. The monoisotopic (exact) mass is 311 g/mol. The molecule has 1 aliphatic carbocycles. The molecule has 100 valence electrons. The number of benzene rings is 1. The summed E-state index contributed by atoms with van der Waals surface area (Å²) in [6, 6.07) is 8.91. The molecular formula is C15H22BrNO. The van der Waals surface area contributed by atoms with Crippen LogP contribution in [0.15, 0.2) is 28.7 Å². The lowest BCUT2D eigenvalue weighted by atomic mass is 9.64. The van der Waals surface area contributed by atoms with Gasteiger partial charge >= 0.3 is 0 Å². The largest absolute Gasteiger partial charge is 0.373 e. The number of hydrogen-bond donors (Lipinski definition) is 1. The highest BCUT2D eigenvalue weighted by atomic mass is 79.9. The second-order valence-electron chi connectivity index (χ2n) is 5.60. The molecule has 0 bridgehead atoms. The molecule has 1 aromatic carbocycles. The highest BCUT2D eigenvalue weighted by Crippen LogP contribution is 2.43. The van der Waals surface area contributed by atoms with E-state index in [-0.39, 0.29) is 5.41 Å². The van der Waals surface area contributed by atoms with Gasteiger partial charge in [-0.05, 0) is 30.7 Å². The Morgan fingerprint density at radius 1 is 1.44 bits per heavy atom. The Morgan fingerprint density at radius 3 is 2.83 bits per heavy atom. The first-order valence-corrected chi connectivity index (χ1v) is 7.42. The smallest absolute Gasteiger partial charge is 0.0721 e. The minimum absolute atomic E-state index is 0.238. The third-order valence-corrected chi connectivity index (χ3v) is 4.46. The lowest BCUT2D eigenvalue weighted by molar-refractivity contribution is -0.124. The van der Waals surface area contributed by atoms with Crippen molar-refractivity contribution in [1.29, 1.82) is 0 Å². The van der Waals surface area contributed by atoms with Gasteiger partial charge in [0.05, 0.1) is 12.7 Å². The predicted molar refractivity (Wildman–Crippen MR) is 78.6 cm³/mol. The van der Waals surface area contributed by atoms with E-state index < -0.39 is 0 Å². The van der Waals surface area contributed by atoms with E-state index in [9.17, 15) is 0 Å². The molecular weight excluding hydrogens is 290 g/mol. The quantitative estimate of drug-likeness (QED) is 0.894. The Labute approximate surface area is 118 Å². The van der Waals surface area contributed by atoms with Gasteiger partial charge in [-0.1, -0.05) is 48.8 Å². The molecule has 0 aliphatic heterocycles. The molecule has 1 aliphatic rings. The van der Waals surface area contributed by atoms with Gasteiger partial charge < -0.3 is 10.1 Å². The molecule has 0 spiro atoms. The lowest BCUT2D eigenvalue weighted by Crippen LogP contribution is -2.60. The summed E-state index contributed by atoms with van der Waals surface area (Å²) in [5, 5.41) is 3.52. The average Bonchev–Trinajstić information content (AvgIpc) is 2.33. The van der Waals surface area contributed by atoms with Crippen molar-refractivity contribution >= 4 is 15.9 Å². The van der Waals surface area contributed by atoms with Crippen molar-refractivity contribution in [3.05, 3.63) is 34.3 Å². The van der Waals surface area contributed by atoms with E-state index in [0.29, 0.717) is 18.8 Å². The van der Waals surface area contributed by atoms with E-state index in [1.54, 1.807) is 0 Å². The van der Waals surface area contributed by atoms with Gasteiger partial charge in [0, 0.05) is 15.9 Å². The summed E-state index contributed by atoms with van der Waals surface area (Å²) in [6.07, 6.45) is 1.48. The van der Waals surface area contributed by atoms with Crippen LogP contribution in [-0.2, 0) is 11.3 Å². The van der Waals surface area contributed by atoms with Crippen LogP contribution in [0.3, 0.4) is 0 Å². The normalized spacial score (nSPS) is 25.8. The standard InChI is InChI=1S/C15H22BrNO/c1-4-17-13-9-14(15(13,2)3)18-10-11-6-5-7-12(16)8-11/h5-8,13-14,17H,4,9-10H2,1-3H3. The van der Waals surface area contributed by atoms with Crippen LogP contribution < -0.4 is 5.32 Å². The van der Waals surface area contributed by atoms with Crippen molar-refractivity contribution in [1.82, 2.24) is 5.32 Å². The third kappa shape index (κ3) is 2.95. The Balaban J connectivity index is 1.85. The van der Waals surface area contributed by atoms with Gasteiger partial charge in [0.1, 0.15) is 0 Å². The Bertz CT molecular complexity index is 405. The molecule has 0 radical (unpaired) electrons. The zero-order valence-electron chi connectivity index (χ0n) is 11.4. The van der Waals surface area contributed by atoms with Crippen LogP contribution in [0.1, 0.15) is 32.8 Å². The highest BCUT2D eigenvalue weighted by molar-refractivity contribution is 9.10. The van der Waals surface area contributed by atoms with Crippen molar-refractivity contribution in [3.8, 4) is 0 Å². The fourth-order valence-corrected chi connectivity index (χ4v) is 3.03. The Hall–Kier alpha value is -0.380. The van der Waals surface area contributed by atoms with Crippen molar-refractivity contribution < 1.29 is 4.74 Å². The van der Waals surface area contributed by atoms with Crippen molar-refractivity contribution in [2.45, 2.75) is 45.9 Å². The maximum absolute atomic E-state index is 6.05. The first-order valence-electron chi connectivity index (χ1n) is 6.63. The lowest BCUT2D eigenvalue weighted by Gasteiger charge is -2.52. The molecule has 2 nitrogen and oxygen atoms in total. The SMILES string of the molecule is CCNC1CC(OCc2cccc(Br)c2)C1(C)C. The van der Waals surface area contributed by atoms with Gasteiger partial charge in [-0.15, -0.1) is 0 Å². The van der Waals surface area contributed by atoms with Gasteiger partial charge in [-0.2, -0.15) is 0 Å². The summed E-state index contributed by atoms with van der Waals surface area (Å²) >= 11 is 3.49. The fraction of sp³-hybridized carbons (Fsp3) is 0.600. The van der Waals surface area contributed by atoms with Gasteiger partial charge in [-0.25, -0.2) is 0 Å². The Morgan fingerprint density at radius 2 is 2.22 bits per heavy atom. The third-order valence-electron chi connectivity index (χ3n) is 3.97. The number of halogens is 1. The molecule has 0 amide bonds. The van der Waals surface area contributed by atoms with Crippen LogP contribution in [0.2, 0.25) is 0 Å². The molecule has 0 saturated heterocycles. The van der Waals surface area contributed by atoms with E-state index in [0.717, 1.165) is 17.4 Å². The first-order chi connectivity index (χ1) is 8.54. The van der Waals surface area contributed by atoms with E-state index in [1.165, 1.54) is 5.56 Å². The maximum Gasteiger partial charge on any atom is 0.0721 e. The minimum atomic E-state index is 0.238. The second kappa shape index (κ2) is 5.72. The molecule has 2 unspecified atom stereocenters. The first kappa shape index (κ1) is 14.0. The van der Waals surface area contributed by atoms with Gasteiger partial charge in [0.15, 0.2) is 0 Å². The van der Waals surface area contributed by atoms with Crippen molar-refractivity contribution in [3.63, 3.8) is 0 Å². The van der Waals surface area contributed by atoms with Crippen LogP contribution in [0.5, 0.6) is 0 Å². The minimum Gasteiger partial charge on any atom is -0.373 e. The van der Waals surface area contributed by atoms with E-state index >= 15 is 0 Å². The molecule has 0 heterocycles. The second-order valence-corrected chi connectivity index (χ2v) is 6.51. The number of rotatable bonds is 5. The number of hydrogen-bond acceptors (Lipinski definition) is 2. The number of ether oxygens (including phenoxy) is 1. The van der Waals surface area contributed by atoms with Crippen LogP contribution >= 0.6 is 15.9 Å². The molecule has 1 aromatic rings. The molecule has 1 N–H and O–H groups in total. The van der Waals surface area contributed by atoms with E-state index in [4.69, 9.17) is 4.74 Å². The highest BCUT2D eigenvalue weighted by Gasteiger charge is 2.48. The molecule has 2 rings (SSSR count). The summed E-state index contributed by atoms with van der Waals surface area (Å²) in [5.74, 6) is 0. The van der Waals surface area contributed by atoms with Crippen LogP contribution in [0.4, 0.5) is 0 Å². The predicted octanol–water partition coefficient (Wildman–Crippen LogP) is 3.74. The number of nitrogens with one attached hydrogen (secondary N) is 1. The Kier molecular flexibility index (Phi) is 4.46. The van der Waals surface area contributed by atoms with Crippen LogP contribution in [0.25, 0.3) is 0 Å².